The molecule has 0 fully saturated rings. The maximum absolute atomic E-state index is 12.1. The van der Waals surface area contributed by atoms with Gasteiger partial charge in [-0.15, -0.1) is 0 Å². The number of carbonyl (C=O) groups is 2. The van der Waals surface area contributed by atoms with Crippen LogP contribution in [0.5, 0.6) is 5.75 Å². The molecule has 2 rings (SSSR count). The number of unbranched alkanes of at least 4 members (excludes halogenated alkanes) is 1. The number of hydrogen-bond acceptors (Lipinski definition) is 3. The lowest BCUT2D eigenvalue weighted by atomic mass is 10.1. The minimum absolute atomic E-state index is 0.0797. The molecule has 0 heterocycles. The molecule has 0 aromatic heterocycles. The third-order valence-electron chi connectivity index (χ3n) is 3.89. The molecule has 0 spiro atoms. The summed E-state index contributed by atoms with van der Waals surface area (Å²) in [5.41, 5.74) is 2.47. The van der Waals surface area contributed by atoms with Crippen LogP contribution in [0.1, 0.15) is 42.6 Å². The molecule has 5 heteroatoms. The highest BCUT2D eigenvalue weighted by Gasteiger charge is 2.08. The number of amides is 2. The van der Waals surface area contributed by atoms with Gasteiger partial charge in [0, 0.05) is 11.3 Å². The summed E-state index contributed by atoms with van der Waals surface area (Å²) in [4.78, 5) is 24.1. The van der Waals surface area contributed by atoms with Crippen LogP contribution in [0.15, 0.2) is 48.5 Å². The summed E-state index contributed by atoms with van der Waals surface area (Å²) < 4.78 is 5.34. The minimum Gasteiger partial charge on any atom is -0.494 e. The molecule has 0 saturated heterocycles. The van der Waals surface area contributed by atoms with Crippen LogP contribution in [0, 0.1) is 0 Å². The van der Waals surface area contributed by atoms with Gasteiger partial charge in [-0.1, -0.05) is 25.5 Å². The Morgan fingerprint density at radius 2 is 1.65 bits per heavy atom. The van der Waals surface area contributed by atoms with Gasteiger partial charge in [-0.05, 0) is 61.7 Å². The molecule has 0 aliphatic rings. The van der Waals surface area contributed by atoms with E-state index < -0.39 is 0 Å². The normalized spacial score (nSPS) is 10.2. The van der Waals surface area contributed by atoms with Crippen LogP contribution in [0.4, 0.5) is 5.69 Å². The standard InChI is InChI=1S/C21H26N2O3/c1-3-5-6-16-7-11-18(12-8-16)23-20(24)15-22-21(25)17-9-13-19(14-10-17)26-4-2/h7-14H,3-6,15H2,1-2H3,(H,22,25)(H,23,24). The Labute approximate surface area is 154 Å². The van der Waals surface area contributed by atoms with Crippen LogP contribution >= 0.6 is 0 Å². The molecule has 0 aliphatic heterocycles. The second kappa shape index (κ2) is 10.2. The molecule has 0 bridgehead atoms. The summed E-state index contributed by atoms with van der Waals surface area (Å²) in [6, 6.07) is 14.6. The topological polar surface area (TPSA) is 67.4 Å². The number of anilines is 1. The summed E-state index contributed by atoms with van der Waals surface area (Å²) >= 11 is 0. The zero-order valence-corrected chi connectivity index (χ0v) is 15.4. The maximum Gasteiger partial charge on any atom is 0.251 e. The van der Waals surface area contributed by atoms with Crippen molar-refractivity contribution >= 4 is 17.5 Å². The van der Waals surface area contributed by atoms with E-state index in [0.717, 1.165) is 24.9 Å². The Hall–Kier alpha value is -2.82. The van der Waals surface area contributed by atoms with Crippen molar-refractivity contribution in [1.29, 1.82) is 0 Å². The number of benzene rings is 2. The Morgan fingerprint density at radius 3 is 2.27 bits per heavy atom. The van der Waals surface area contributed by atoms with E-state index in [9.17, 15) is 9.59 Å². The molecule has 2 amide bonds. The number of rotatable bonds is 9. The van der Waals surface area contributed by atoms with Crippen LogP contribution < -0.4 is 15.4 Å². The number of nitrogens with one attached hydrogen (secondary N) is 2. The summed E-state index contributed by atoms with van der Waals surface area (Å²) in [7, 11) is 0. The van der Waals surface area contributed by atoms with Gasteiger partial charge in [0.25, 0.3) is 5.91 Å². The third-order valence-corrected chi connectivity index (χ3v) is 3.89. The van der Waals surface area contributed by atoms with Gasteiger partial charge in [-0.3, -0.25) is 9.59 Å². The van der Waals surface area contributed by atoms with Crippen LogP contribution in [-0.4, -0.2) is 25.0 Å². The lowest BCUT2D eigenvalue weighted by Gasteiger charge is -2.08. The SMILES string of the molecule is CCCCc1ccc(NC(=O)CNC(=O)c2ccc(OCC)cc2)cc1. The summed E-state index contributed by atoms with van der Waals surface area (Å²) in [6.45, 7) is 4.56. The van der Waals surface area contributed by atoms with E-state index in [4.69, 9.17) is 4.74 Å². The molecule has 138 valence electrons. The Balaban J connectivity index is 1.79. The van der Waals surface area contributed by atoms with Crippen molar-refractivity contribution in [1.82, 2.24) is 5.32 Å². The molecule has 0 unspecified atom stereocenters. The average molecular weight is 354 g/mol. The highest BCUT2D eigenvalue weighted by Crippen LogP contribution is 2.13. The smallest absolute Gasteiger partial charge is 0.251 e. The molecule has 5 nitrogen and oxygen atoms in total. The third kappa shape index (κ3) is 6.24. The summed E-state index contributed by atoms with van der Waals surface area (Å²) in [5, 5.41) is 5.40. The molecule has 2 aromatic carbocycles. The monoisotopic (exact) mass is 354 g/mol. The Morgan fingerprint density at radius 1 is 0.962 bits per heavy atom. The first-order chi connectivity index (χ1) is 12.6. The fourth-order valence-electron chi connectivity index (χ4n) is 2.47. The van der Waals surface area contributed by atoms with Crippen molar-refractivity contribution < 1.29 is 14.3 Å². The van der Waals surface area contributed by atoms with Gasteiger partial charge in [-0.2, -0.15) is 0 Å². The van der Waals surface area contributed by atoms with E-state index in [0.29, 0.717) is 17.9 Å². The first-order valence-electron chi connectivity index (χ1n) is 9.02. The molecule has 26 heavy (non-hydrogen) atoms. The van der Waals surface area contributed by atoms with E-state index in [-0.39, 0.29) is 18.4 Å². The van der Waals surface area contributed by atoms with Crippen LogP contribution in [0.3, 0.4) is 0 Å². The van der Waals surface area contributed by atoms with Crippen LogP contribution in [-0.2, 0) is 11.2 Å². The van der Waals surface area contributed by atoms with E-state index >= 15 is 0 Å². The second-order valence-corrected chi connectivity index (χ2v) is 5.99. The van der Waals surface area contributed by atoms with E-state index in [1.807, 2.05) is 31.2 Å². The minimum atomic E-state index is -0.293. The van der Waals surface area contributed by atoms with Gasteiger partial charge in [0.1, 0.15) is 5.75 Å². The first-order valence-corrected chi connectivity index (χ1v) is 9.02. The molecular weight excluding hydrogens is 328 g/mol. The average Bonchev–Trinajstić information content (AvgIpc) is 2.66. The quantitative estimate of drug-likeness (QED) is 0.720. The number of ether oxygens (including phenoxy) is 1. The largest absolute Gasteiger partial charge is 0.494 e. The molecule has 0 aliphatic carbocycles. The van der Waals surface area contributed by atoms with E-state index in [1.165, 1.54) is 5.56 Å². The highest BCUT2D eigenvalue weighted by molar-refractivity contribution is 5.99. The maximum atomic E-state index is 12.1. The second-order valence-electron chi connectivity index (χ2n) is 5.99. The van der Waals surface area contributed by atoms with E-state index in [1.54, 1.807) is 24.3 Å². The molecule has 0 atom stereocenters. The molecule has 2 aromatic rings. The zero-order chi connectivity index (χ0) is 18.8. The van der Waals surface area contributed by atoms with Gasteiger partial charge >= 0.3 is 0 Å². The number of carbonyl (C=O) groups excluding carboxylic acids is 2. The van der Waals surface area contributed by atoms with Gasteiger partial charge in [-0.25, -0.2) is 0 Å². The first kappa shape index (κ1) is 19.5. The zero-order valence-electron chi connectivity index (χ0n) is 15.4. The van der Waals surface area contributed by atoms with E-state index in [2.05, 4.69) is 17.6 Å². The molecular formula is C21H26N2O3. The molecule has 0 radical (unpaired) electrons. The van der Waals surface area contributed by atoms with Crippen molar-refractivity contribution in [3.05, 3.63) is 59.7 Å². The Kier molecular flexibility index (Phi) is 7.68. The Bertz CT molecular complexity index is 709. The van der Waals surface area contributed by atoms with Gasteiger partial charge in [0.15, 0.2) is 0 Å². The predicted octanol–water partition coefficient (Wildman–Crippen LogP) is 3.80. The predicted molar refractivity (Wildman–Crippen MR) is 104 cm³/mol. The van der Waals surface area contributed by atoms with Crippen molar-refractivity contribution in [3.63, 3.8) is 0 Å². The number of aryl methyl sites for hydroxylation is 1. The highest BCUT2D eigenvalue weighted by atomic mass is 16.5. The lowest BCUT2D eigenvalue weighted by Crippen LogP contribution is -2.32. The van der Waals surface area contributed by atoms with Crippen molar-refractivity contribution in [2.24, 2.45) is 0 Å². The van der Waals surface area contributed by atoms with Gasteiger partial charge in [0.2, 0.25) is 5.91 Å². The molecule has 0 saturated carbocycles. The van der Waals surface area contributed by atoms with Crippen molar-refractivity contribution in [2.75, 3.05) is 18.5 Å². The van der Waals surface area contributed by atoms with Gasteiger partial charge in [0.05, 0.1) is 13.2 Å². The molecule has 2 N–H and O–H groups in total. The number of hydrogen-bond donors (Lipinski definition) is 2. The summed E-state index contributed by atoms with van der Waals surface area (Å²) in [6.07, 6.45) is 3.36. The van der Waals surface area contributed by atoms with Gasteiger partial charge < -0.3 is 15.4 Å². The van der Waals surface area contributed by atoms with Crippen molar-refractivity contribution in [3.8, 4) is 5.75 Å². The summed E-state index contributed by atoms with van der Waals surface area (Å²) in [5.74, 6) is 0.160. The fraction of sp³-hybridized carbons (Fsp3) is 0.333. The van der Waals surface area contributed by atoms with Crippen LogP contribution in [0.2, 0.25) is 0 Å². The van der Waals surface area contributed by atoms with Crippen LogP contribution in [0.25, 0.3) is 0 Å². The lowest BCUT2D eigenvalue weighted by molar-refractivity contribution is -0.115. The fourth-order valence-corrected chi connectivity index (χ4v) is 2.47. The van der Waals surface area contributed by atoms with Crippen molar-refractivity contribution in [2.45, 2.75) is 33.1 Å².